The summed E-state index contributed by atoms with van der Waals surface area (Å²) in [6.45, 7) is 8.84. The Morgan fingerprint density at radius 3 is 2.69 bits per heavy atom. The number of ether oxygens (including phenoxy) is 1. The molecule has 9 heteroatoms. The third-order valence-electron chi connectivity index (χ3n) is 5.90. The van der Waals surface area contributed by atoms with Crippen LogP contribution in [-0.2, 0) is 9.53 Å². The van der Waals surface area contributed by atoms with Crippen LogP contribution in [0.15, 0.2) is 28.0 Å². The Morgan fingerprint density at radius 2 is 2.00 bits per heavy atom. The highest BCUT2D eigenvalue weighted by molar-refractivity contribution is 8.26. The van der Waals surface area contributed by atoms with Crippen LogP contribution in [0.25, 0.3) is 11.7 Å². The van der Waals surface area contributed by atoms with Gasteiger partial charge in [0.15, 0.2) is 0 Å². The van der Waals surface area contributed by atoms with E-state index in [1.165, 1.54) is 16.7 Å². The number of piperidine rings is 1. The predicted molar refractivity (Wildman–Crippen MR) is 133 cm³/mol. The van der Waals surface area contributed by atoms with Crippen molar-refractivity contribution in [2.45, 2.75) is 27.2 Å². The fraction of sp³-hybridized carbons (Fsp3) is 0.478. The Morgan fingerprint density at radius 1 is 1.28 bits per heavy atom. The van der Waals surface area contributed by atoms with E-state index in [2.05, 4.69) is 18.7 Å². The van der Waals surface area contributed by atoms with Crippen molar-refractivity contribution in [2.75, 3.05) is 38.3 Å². The lowest BCUT2D eigenvalue weighted by Gasteiger charge is -2.36. The lowest BCUT2D eigenvalue weighted by Crippen LogP contribution is -2.40. The quantitative estimate of drug-likeness (QED) is 0.488. The third kappa shape index (κ3) is 4.33. The van der Waals surface area contributed by atoms with E-state index in [0.717, 1.165) is 25.1 Å². The lowest BCUT2D eigenvalue weighted by molar-refractivity contribution is -0.122. The molecule has 7 nitrogen and oxygen atoms in total. The summed E-state index contributed by atoms with van der Waals surface area (Å²) in [7, 11) is 1.59. The molecule has 32 heavy (non-hydrogen) atoms. The number of aromatic nitrogens is 2. The molecule has 4 rings (SSSR count). The molecule has 0 saturated carbocycles. The van der Waals surface area contributed by atoms with Crippen LogP contribution in [-0.4, -0.2) is 57.9 Å². The maximum absolute atomic E-state index is 13.6. The SMILES string of the molecule is COCCN1C(=O)/C(=C\c2c(N3C[C@@H](C)C[C@H](C)C3)nc3c(C)cccn3c2=O)SC1=S. The molecular weight excluding hydrogens is 444 g/mol. The summed E-state index contributed by atoms with van der Waals surface area (Å²) in [6.07, 6.45) is 4.55. The van der Waals surface area contributed by atoms with Gasteiger partial charge in [0, 0.05) is 26.4 Å². The van der Waals surface area contributed by atoms with Gasteiger partial charge in [-0.25, -0.2) is 4.98 Å². The molecule has 2 aliphatic heterocycles. The van der Waals surface area contributed by atoms with Crippen molar-refractivity contribution in [3.8, 4) is 0 Å². The Labute approximate surface area is 197 Å². The van der Waals surface area contributed by atoms with Crippen molar-refractivity contribution in [3.63, 3.8) is 0 Å². The van der Waals surface area contributed by atoms with Crippen LogP contribution in [0.3, 0.4) is 0 Å². The van der Waals surface area contributed by atoms with Crippen LogP contribution < -0.4 is 10.5 Å². The Hall–Kier alpha value is -2.23. The number of thiocarbonyl (C=S) groups is 1. The zero-order chi connectivity index (χ0) is 23.0. The van der Waals surface area contributed by atoms with Crippen molar-refractivity contribution in [2.24, 2.45) is 11.8 Å². The minimum atomic E-state index is -0.197. The molecule has 2 aromatic heterocycles. The molecule has 170 valence electrons. The van der Waals surface area contributed by atoms with Gasteiger partial charge >= 0.3 is 0 Å². The number of hydrogen-bond acceptors (Lipinski definition) is 7. The first-order valence-corrected chi connectivity index (χ1v) is 12.0. The highest BCUT2D eigenvalue weighted by Gasteiger charge is 2.33. The molecule has 0 aromatic carbocycles. The fourth-order valence-electron chi connectivity index (χ4n) is 4.51. The molecule has 0 aliphatic carbocycles. The molecule has 2 fully saturated rings. The number of carbonyl (C=O) groups excluding carboxylic acids is 1. The molecule has 1 amide bonds. The van der Waals surface area contributed by atoms with Crippen molar-refractivity contribution >= 4 is 51.7 Å². The second-order valence-corrected chi connectivity index (χ2v) is 10.4. The largest absolute Gasteiger partial charge is 0.383 e. The maximum Gasteiger partial charge on any atom is 0.267 e. The lowest BCUT2D eigenvalue weighted by atomic mass is 9.91. The number of fused-ring (bicyclic) bond motifs is 1. The summed E-state index contributed by atoms with van der Waals surface area (Å²) < 4.78 is 7.14. The van der Waals surface area contributed by atoms with E-state index >= 15 is 0 Å². The van der Waals surface area contributed by atoms with Gasteiger partial charge < -0.3 is 9.64 Å². The van der Waals surface area contributed by atoms with E-state index in [4.69, 9.17) is 21.9 Å². The molecule has 0 unspecified atom stereocenters. The first-order chi connectivity index (χ1) is 15.3. The summed E-state index contributed by atoms with van der Waals surface area (Å²) in [5, 5.41) is 0. The van der Waals surface area contributed by atoms with E-state index in [1.807, 2.05) is 19.1 Å². The van der Waals surface area contributed by atoms with Gasteiger partial charge in [0.2, 0.25) is 0 Å². The summed E-state index contributed by atoms with van der Waals surface area (Å²) >= 11 is 6.62. The van der Waals surface area contributed by atoms with E-state index < -0.39 is 0 Å². The van der Waals surface area contributed by atoms with E-state index in [-0.39, 0.29) is 11.5 Å². The second-order valence-electron chi connectivity index (χ2n) is 8.72. The van der Waals surface area contributed by atoms with Crippen LogP contribution >= 0.6 is 24.0 Å². The number of thioether (sulfide) groups is 1. The minimum Gasteiger partial charge on any atom is -0.383 e. The van der Waals surface area contributed by atoms with Gasteiger partial charge in [-0.2, -0.15) is 0 Å². The molecule has 2 atom stereocenters. The minimum absolute atomic E-state index is 0.179. The van der Waals surface area contributed by atoms with E-state index in [9.17, 15) is 9.59 Å². The van der Waals surface area contributed by atoms with Gasteiger partial charge in [-0.05, 0) is 42.9 Å². The highest BCUT2D eigenvalue weighted by atomic mass is 32.2. The maximum atomic E-state index is 13.6. The predicted octanol–water partition coefficient (Wildman–Crippen LogP) is 3.33. The van der Waals surface area contributed by atoms with Gasteiger partial charge in [0.1, 0.15) is 15.8 Å². The molecule has 2 aromatic rings. The summed E-state index contributed by atoms with van der Waals surface area (Å²) in [6, 6.07) is 3.79. The fourth-order valence-corrected chi connectivity index (χ4v) is 5.80. The number of rotatable bonds is 5. The Bertz CT molecular complexity index is 1150. The van der Waals surface area contributed by atoms with Crippen LogP contribution in [0.2, 0.25) is 0 Å². The van der Waals surface area contributed by atoms with Crippen molar-refractivity contribution in [3.05, 3.63) is 44.7 Å². The monoisotopic (exact) mass is 472 g/mol. The van der Waals surface area contributed by atoms with Crippen LogP contribution in [0.4, 0.5) is 5.82 Å². The summed E-state index contributed by atoms with van der Waals surface area (Å²) in [5.41, 5.74) is 1.83. The molecule has 4 heterocycles. The molecule has 0 bridgehead atoms. The molecule has 0 spiro atoms. The molecule has 0 radical (unpaired) electrons. The standard InChI is InChI=1S/C23H28N4O3S2/c1-14-10-15(2)13-25(12-14)20-17(21(28)26-7-5-6-16(3)19(26)24-20)11-18-22(29)27(8-9-30-4)23(31)32-18/h5-7,11,14-15H,8-10,12-13H2,1-4H3/b18-11+/t14-,15-/m0/s1. The van der Waals surface area contributed by atoms with Gasteiger partial charge in [-0.15, -0.1) is 0 Å². The van der Waals surface area contributed by atoms with Crippen LogP contribution in [0, 0.1) is 18.8 Å². The molecule has 2 aliphatic rings. The number of hydrogen-bond donors (Lipinski definition) is 0. The van der Waals surface area contributed by atoms with Crippen molar-refractivity contribution < 1.29 is 9.53 Å². The first kappa shape index (κ1) is 22.9. The average molecular weight is 473 g/mol. The van der Waals surface area contributed by atoms with Gasteiger partial charge in [0.05, 0.1) is 23.6 Å². The number of pyridine rings is 1. The van der Waals surface area contributed by atoms with Gasteiger partial charge in [0.25, 0.3) is 11.5 Å². The van der Waals surface area contributed by atoms with Gasteiger partial charge in [-0.1, -0.05) is 43.9 Å². The molecule has 0 N–H and O–H groups in total. The zero-order valence-corrected chi connectivity index (χ0v) is 20.5. The number of amides is 1. The van der Waals surface area contributed by atoms with E-state index in [1.54, 1.807) is 23.8 Å². The molecular formula is C23H28N4O3S2. The summed E-state index contributed by atoms with van der Waals surface area (Å²) in [5.74, 6) is 1.44. The van der Waals surface area contributed by atoms with E-state index in [0.29, 0.717) is 51.2 Å². The number of anilines is 1. The second kappa shape index (κ2) is 9.33. The van der Waals surface area contributed by atoms with Crippen LogP contribution in [0.1, 0.15) is 31.4 Å². The van der Waals surface area contributed by atoms with Crippen molar-refractivity contribution in [1.82, 2.24) is 14.3 Å². The Kier molecular flexibility index (Phi) is 6.69. The zero-order valence-electron chi connectivity index (χ0n) is 18.8. The number of carbonyl (C=O) groups is 1. The topological polar surface area (TPSA) is 67.2 Å². The number of nitrogens with zero attached hydrogens (tertiary/aromatic N) is 4. The average Bonchev–Trinajstić information content (AvgIpc) is 3.00. The summed E-state index contributed by atoms with van der Waals surface area (Å²) in [4.78, 5) is 35.7. The first-order valence-electron chi connectivity index (χ1n) is 10.8. The third-order valence-corrected chi connectivity index (χ3v) is 7.28. The number of aryl methyl sites for hydroxylation is 1. The van der Waals surface area contributed by atoms with Crippen molar-refractivity contribution in [1.29, 1.82) is 0 Å². The number of methoxy groups -OCH3 is 1. The normalized spacial score (nSPS) is 23.1. The Balaban J connectivity index is 1.85. The smallest absolute Gasteiger partial charge is 0.267 e. The van der Waals surface area contributed by atoms with Crippen LogP contribution in [0.5, 0.6) is 0 Å². The molecule has 2 saturated heterocycles. The highest BCUT2D eigenvalue weighted by Crippen LogP contribution is 2.34. The van der Waals surface area contributed by atoms with Gasteiger partial charge in [-0.3, -0.25) is 18.9 Å².